The fourth-order valence-electron chi connectivity index (χ4n) is 2.02. The number of amides is 1. The number of carbonyl (C=O) groups excluding carboxylic acids is 1. The number of halogens is 1. The van der Waals surface area contributed by atoms with Gasteiger partial charge in [-0.1, -0.05) is 18.2 Å². The number of thioether (sulfide) groups is 1. The van der Waals surface area contributed by atoms with Crippen LogP contribution >= 0.6 is 11.8 Å². The van der Waals surface area contributed by atoms with Crippen LogP contribution in [-0.2, 0) is 11.4 Å². The predicted molar refractivity (Wildman–Crippen MR) is 96.8 cm³/mol. The van der Waals surface area contributed by atoms with Gasteiger partial charge in [-0.15, -0.1) is 0 Å². The highest BCUT2D eigenvalue weighted by Crippen LogP contribution is 2.19. The Morgan fingerprint density at radius 2 is 2.04 bits per heavy atom. The molecule has 2 aromatic carbocycles. The second-order valence-corrected chi connectivity index (χ2v) is 6.31. The largest absolute Gasteiger partial charge is 0.489 e. The lowest BCUT2D eigenvalue weighted by Crippen LogP contribution is -2.36. The number of anilines is 1. The minimum absolute atomic E-state index is 0.209. The highest BCUT2D eigenvalue weighted by Gasteiger charge is 2.13. The number of ether oxygens (including phenoxy) is 1. The molecular formula is C18H21FN2O2S. The summed E-state index contributed by atoms with van der Waals surface area (Å²) in [5.41, 5.74) is 7.35. The first-order valence-electron chi connectivity index (χ1n) is 7.61. The maximum atomic E-state index is 12.9. The Morgan fingerprint density at radius 1 is 1.29 bits per heavy atom. The van der Waals surface area contributed by atoms with Crippen LogP contribution < -0.4 is 15.8 Å². The first-order valence-corrected chi connectivity index (χ1v) is 9.00. The zero-order valence-corrected chi connectivity index (χ0v) is 14.3. The predicted octanol–water partition coefficient (Wildman–Crippen LogP) is 3.42. The summed E-state index contributed by atoms with van der Waals surface area (Å²) in [6.07, 6.45) is 2.61. The number of hydrogen-bond acceptors (Lipinski definition) is 4. The zero-order chi connectivity index (χ0) is 17.4. The number of nitrogens with two attached hydrogens (primary N) is 1. The molecule has 1 amide bonds. The molecule has 0 aliphatic heterocycles. The third-order valence-corrected chi connectivity index (χ3v) is 4.03. The smallest absolute Gasteiger partial charge is 0.241 e. The highest BCUT2D eigenvalue weighted by atomic mass is 32.2. The molecule has 2 rings (SSSR count). The van der Waals surface area contributed by atoms with E-state index in [1.165, 1.54) is 12.1 Å². The van der Waals surface area contributed by atoms with E-state index in [9.17, 15) is 9.18 Å². The first kappa shape index (κ1) is 18.3. The molecule has 0 spiro atoms. The molecule has 0 aromatic heterocycles. The standard InChI is InChI=1S/C18H21FN2O2S/c1-24-10-9-17(20)18(22)21-15-3-2-4-16(11-15)23-12-13-5-7-14(19)8-6-13/h2-8,11,17H,9-10,12,20H2,1H3,(H,21,22). The Labute approximate surface area is 145 Å². The van der Waals surface area contributed by atoms with E-state index in [4.69, 9.17) is 10.5 Å². The topological polar surface area (TPSA) is 64.4 Å². The third-order valence-electron chi connectivity index (χ3n) is 3.39. The number of nitrogens with one attached hydrogen (secondary N) is 1. The van der Waals surface area contributed by atoms with Crippen molar-refractivity contribution in [1.82, 2.24) is 0 Å². The van der Waals surface area contributed by atoms with E-state index in [2.05, 4.69) is 5.32 Å². The van der Waals surface area contributed by atoms with Gasteiger partial charge in [0.1, 0.15) is 18.2 Å². The molecule has 2 aromatic rings. The molecular weight excluding hydrogens is 327 g/mol. The van der Waals surface area contributed by atoms with E-state index in [1.807, 2.05) is 6.26 Å². The van der Waals surface area contributed by atoms with Crippen molar-refractivity contribution in [2.24, 2.45) is 5.73 Å². The third kappa shape index (κ3) is 5.86. The van der Waals surface area contributed by atoms with Crippen molar-refractivity contribution in [2.75, 3.05) is 17.3 Å². The molecule has 1 atom stereocenters. The summed E-state index contributed by atoms with van der Waals surface area (Å²) < 4.78 is 18.5. The van der Waals surface area contributed by atoms with Crippen LogP contribution in [0.2, 0.25) is 0 Å². The molecule has 1 unspecified atom stereocenters. The van der Waals surface area contributed by atoms with Crippen molar-refractivity contribution < 1.29 is 13.9 Å². The SMILES string of the molecule is CSCCC(N)C(=O)Nc1cccc(OCc2ccc(F)cc2)c1. The fourth-order valence-corrected chi connectivity index (χ4v) is 2.51. The van der Waals surface area contributed by atoms with Gasteiger partial charge in [-0.2, -0.15) is 11.8 Å². The first-order chi connectivity index (χ1) is 11.6. The number of benzene rings is 2. The van der Waals surface area contributed by atoms with E-state index in [0.717, 1.165) is 11.3 Å². The average Bonchev–Trinajstić information content (AvgIpc) is 2.59. The Balaban J connectivity index is 1.91. The Hall–Kier alpha value is -2.05. The lowest BCUT2D eigenvalue weighted by atomic mass is 10.2. The van der Waals surface area contributed by atoms with Gasteiger partial charge in [-0.05, 0) is 48.3 Å². The Kier molecular flexibility index (Phi) is 7.08. The molecule has 4 nitrogen and oxygen atoms in total. The minimum Gasteiger partial charge on any atom is -0.489 e. The van der Waals surface area contributed by atoms with Gasteiger partial charge in [0.25, 0.3) is 0 Å². The van der Waals surface area contributed by atoms with Crippen LogP contribution in [0.15, 0.2) is 48.5 Å². The maximum absolute atomic E-state index is 12.9. The average molecular weight is 348 g/mol. The van der Waals surface area contributed by atoms with Crippen LogP contribution in [0.1, 0.15) is 12.0 Å². The van der Waals surface area contributed by atoms with Gasteiger partial charge in [-0.25, -0.2) is 4.39 Å². The van der Waals surface area contributed by atoms with Crippen LogP contribution in [0.3, 0.4) is 0 Å². The van der Waals surface area contributed by atoms with E-state index in [0.29, 0.717) is 24.5 Å². The molecule has 0 fully saturated rings. The summed E-state index contributed by atoms with van der Waals surface area (Å²) in [5.74, 6) is 0.978. The second kappa shape index (κ2) is 9.30. The van der Waals surface area contributed by atoms with Crippen molar-refractivity contribution in [3.8, 4) is 5.75 Å². The van der Waals surface area contributed by atoms with Crippen molar-refractivity contribution in [3.05, 3.63) is 59.9 Å². The lowest BCUT2D eigenvalue weighted by molar-refractivity contribution is -0.117. The molecule has 0 radical (unpaired) electrons. The summed E-state index contributed by atoms with van der Waals surface area (Å²) in [6, 6.07) is 12.7. The molecule has 6 heteroatoms. The van der Waals surface area contributed by atoms with Gasteiger partial charge in [0.05, 0.1) is 6.04 Å². The summed E-state index contributed by atoms with van der Waals surface area (Å²) in [7, 11) is 0. The second-order valence-electron chi connectivity index (χ2n) is 5.32. The minimum atomic E-state index is -0.527. The molecule has 0 aliphatic rings. The molecule has 24 heavy (non-hydrogen) atoms. The molecule has 0 bridgehead atoms. The van der Waals surface area contributed by atoms with E-state index in [-0.39, 0.29) is 11.7 Å². The van der Waals surface area contributed by atoms with Crippen LogP contribution in [0, 0.1) is 5.82 Å². The summed E-state index contributed by atoms with van der Waals surface area (Å²) >= 11 is 1.66. The van der Waals surface area contributed by atoms with Crippen molar-refractivity contribution >= 4 is 23.4 Å². The normalized spacial score (nSPS) is 11.8. The summed E-state index contributed by atoms with van der Waals surface area (Å²) in [5, 5.41) is 2.79. The summed E-state index contributed by atoms with van der Waals surface area (Å²) in [4.78, 5) is 12.0. The van der Waals surface area contributed by atoms with Crippen LogP contribution in [-0.4, -0.2) is 24.0 Å². The fraction of sp³-hybridized carbons (Fsp3) is 0.278. The Morgan fingerprint density at radius 3 is 2.75 bits per heavy atom. The van der Waals surface area contributed by atoms with E-state index >= 15 is 0 Å². The van der Waals surface area contributed by atoms with E-state index < -0.39 is 6.04 Å². The van der Waals surface area contributed by atoms with Crippen LogP contribution in [0.25, 0.3) is 0 Å². The maximum Gasteiger partial charge on any atom is 0.241 e. The number of carbonyl (C=O) groups is 1. The molecule has 0 saturated carbocycles. The van der Waals surface area contributed by atoms with Gasteiger partial charge < -0.3 is 15.8 Å². The molecule has 0 aliphatic carbocycles. The molecule has 128 valence electrons. The van der Waals surface area contributed by atoms with Gasteiger partial charge in [-0.3, -0.25) is 4.79 Å². The van der Waals surface area contributed by atoms with Crippen molar-refractivity contribution in [3.63, 3.8) is 0 Å². The molecule has 0 saturated heterocycles. The van der Waals surface area contributed by atoms with Gasteiger partial charge in [0, 0.05) is 11.8 Å². The number of hydrogen-bond donors (Lipinski definition) is 2. The quantitative estimate of drug-likeness (QED) is 0.767. The van der Waals surface area contributed by atoms with Crippen LogP contribution in [0.4, 0.5) is 10.1 Å². The van der Waals surface area contributed by atoms with Gasteiger partial charge >= 0.3 is 0 Å². The van der Waals surface area contributed by atoms with Gasteiger partial charge in [0.15, 0.2) is 0 Å². The Bertz CT molecular complexity index is 664. The van der Waals surface area contributed by atoms with E-state index in [1.54, 1.807) is 48.2 Å². The van der Waals surface area contributed by atoms with Crippen molar-refractivity contribution in [1.29, 1.82) is 0 Å². The monoisotopic (exact) mass is 348 g/mol. The lowest BCUT2D eigenvalue weighted by Gasteiger charge is -2.13. The van der Waals surface area contributed by atoms with Gasteiger partial charge in [0.2, 0.25) is 5.91 Å². The van der Waals surface area contributed by atoms with Crippen molar-refractivity contribution in [2.45, 2.75) is 19.1 Å². The highest BCUT2D eigenvalue weighted by molar-refractivity contribution is 7.98. The zero-order valence-electron chi connectivity index (χ0n) is 13.5. The molecule has 0 heterocycles. The molecule has 3 N–H and O–H groups in total. The number of rotatable bonds is 8. The summed E-state index contributed by atoms with van der Waals surface area (Å²) in [6.45, 7) is 0.324. The van der Waals surface area contributed by atoms with Crippen LogP contribution in [0.5, 0.6) is 5.75 Å².